The molecule has 0 aliphatic carbocycles. The molecule has 0 unspecified atom stereocenters. The number of fused-ring (bicyclic) bond motifs is 1. The third-order valence-corrected chi connectivity index (χ3v) is 3.49. The van der Waals surface area contributed by atoms with Crippen LogP contribution in [0.25, 0.3) is 22.0 Å². The number of aromatic nitrogens is 2. The number of benzene rings is 2. The van der Waals surface area contributed by atoms with Gasteiger partial charge in [0.15, 0.2) is 0 Å². The first-order valence-corrected chi connectivity index (χ1v) is 7.01. The van der Waals surface area contributed by atoms with Crippen LogP contribution in [0.15, 0.2) is 54.7 Å². The quantitative estimate of drug-likeness (QED) is 0.797. The first-order chi connectivity index (χ1) is 10.3. The Morgan fingerprint density at radius 2 is 1.86 bits per heavy atom. The monoisotopic (exact) mass is 278 g/mol. The predicted molar refractivity (Wildman–Crippen MR) is 87.3 cm³/mol. The van der Waals surface area contributed by atoms with Crippen molar-refractivity contribution < 1.29 is 0 Å². The second kappa shape index (κ2) is 5.89. The average Bonchev–Trinajstić information content (AvgIpc) is 2.55. The van der Waals surface area contributed by atoms with Crippen LogP contribution in [-0.4, -0.2) is 30.1 Å². The molecule has 0 fully saturated rings. The maximum atomic E-state index is 5.58. The molecule has 2 N–H and O–H groups in total. The van der Waals surface area contributed by atoms with E-state index in [1.54, 1.807) is 6.20 Å². The molecule has 0 spiro atoms. The maximum Gasteiger partial charge on any atom is 0.225 e. The molecule has 0 aliphatic heterocycles. The van der Waals surface area contributed by atoms with E-state index in [1.165, 1.54) is 10.8 Å². The lowest BCUT2D eigenvalue weighted by Crippen LogP contribution is -2.26. The molecule has 3 rings (SSSR count). The summed E-state index contributed by atoms with van der Waals surface area (Å²) in [4.78, 5) is 10.9. The molecular formula is C17H18N4. The summed E-state index contributed by atoms with van der Waals surface area (Å²) >= 11 is 0. The zero-order valence-corrected chi connectivity index (χ0v) is 12.0. The topological polar surface area (TPSA) is 55.0 Å². The summed E-state index contributed by atoms with van der Waals surface area (Å²) in [7, 11) is 1.95. The summed E-state index contributed by atoms with van der Waals surface area (Å²) < 4.78 is 0. The van der Waals surface area contributed by atoms with Gasteiger partial charge in [-0.25, -0.2) is 9.97 Å². The first kappa shape index (κ1) is 13.5. The second-order valence-electron chi connectivity index (χ2n) is 5.01. The lowest BCUT2D eigenvalue weighted by atomic mass is 10.1. The Morgan fingerprint density at radius 1 is 1.05 bits per heavy atom. The molecular weight excluding hydrogens is 260 g/mol. The number of hydrogen-bond donors (Lipinski definition) is 1. The van der Waals surface area contributed by atoms with Gasteiger partial charge in [0.25, 0.3) is 0 Å². The molecule has 0 atom stereocenters. The Morgan fingerprint density at radius 3 is 2.67 bits per heavy atom. The summed E-state index contributed by atoms with van der Waals surface area (Å²) in [5.41, 5.74) is 7.60. The third-order valence-electron chi connectivity index (χ3n) is 3.49. The Balaban J connectivity index is 2.00. The molecule has 1 heterocycles. The predicted octanol–water partition coefficient (Wildman–Crippen LogP) is 2.69. The number of anilines is 1. The standard InChI is InChI=1S/C17H18N4/c1-21(11-9-18)17-19-10-8-16(20-17)15-7-6-13-4-2-3-5-14(13)12-15/h2-8,10,12H,9,11,18H2,1H3. The van der Waals surface area contributed by atoms with Crippen molar-refractivity contribution in [3.05, 3.63) is 54.7 Å². The molecule has 3 aromatic rings. The largest absolute Gasteiger partial charge is 0.343 e. The van der Waals surface area contributed by atoms with Crippen molar-refractivity contribution >= 4 is 16.7 Å². The number of hydrogen-bond acceptors (Lipinski definition) is 4. The minimum absolute atomic E-state index is 0.583. The fourth-order valence-electron chi connectivity index (χ4n) is 2.34. The van der Waals surface area contributed by atoms with Gasteiger partial charge in [-0.1, -0.05) is 36.4 Å². The molecule has 0 radical (unpaired) electrons. The van der Waals surface area contributed by atoms with E-state index in [1.807, 2.05) is 30.1 Å². The maximum absolute atomic E-state index is 5.58. The van der Waals surface area contributed by atoms with Gasteiger partial charge in [-0.2, -0.15) is 0 Å². The van der Waals surface area contributed by atoms with Crippen LogP contribution in [0.2, 0.25) is 0 Å². The summed E-state index contributed by atoms with van der Waals surface area (Å²) in [6, 6.07) is 16.6. The van der Waals surface area contributed by atoms with Crippen molar-refractivity contribution in [2.24, 2.45) is 5.73 Å². The smallest absolute Gasteiger partial charge is 0.225 e. The van der Waals surface area contributed by atoms with Gasteiger partial charge in [0.2, 0.25) is 5.95 Å². The summed E-state index contributed by atoms with van der Waals surface area (Å²) in [5, 5.41) is 2.45. The highest BCUT2D eigenvalue weighted by Gasteiger charge is 2.06. The Kier molecular flexibility index (Phi) is 3.79. The van der Waals surface area contributed by atoms with Gasteiger partial charge in [0.05, 0.1) is 5.69 Å². The lowest BCUT2D eigenvalue weighted by Gasteiger charge is -2.16. The van der Waals surface area contributed by atoms with Crippen molar-refractivity contribution in [1.29, 1.82) is 0 Å². The summed E-state index contributed by atoms with van der Waals surface area (Å²) in [5.74, 6) is 0.700. The molecule has 0 saturated carbocycles. The van der Waals surface area contributed by atoms with Crippen LogP contribution in [0, 0.1) is 0 Å². The Hall–Kier alpha value is -2.46. The molecule has 2 aromatic carbocycles. The molecule has 0 saturated heterocycles. The fraction of sp³-hybridized carbons (Fsp3) is 0.176. The fourth-order valence-corrected chi connectivity index (χ4v) is 2.34. The van der Waals surface area contributed by atoms with E-state index in [2.05, 4.69) is 40.3 Å². The van der Waals surface area contributed by atoms with Gasteiger partial charge in [0.1, 0.15) is 0 Å². The van der Waals surface area contributed by atoms with E-state index in [4.69, 9.17) is 5.73 Å². The minimum atomic E-state index is 0.583. The summed E-state index contributed by atoms with van der Waals surface area (Å²) in [6.07, 6.45) is 1.79. The van der Waals surface area contributed by atoms with Crippen molar-refractivity contribution in [3.8, 4) is 11.3 Å². The van der Waals surface area contributed by atoms with Gasteiger partial charge in [-0.05, 0) is 22.9 Å². The van der Waals surface area contributed by atoms with E-state index in [-0.39, 0.29) is 0 Å². The lowest BCUT2D eigenvalue weighted by molar-refractivity contribution is 0.847. The number of rotatable bonds is 4. The second-order valence-corrected chi connectivity index (χ2v) is 5.01. The highest BCUT2D eigenvalue weighted by molar-refractivity contribution is 5.86. The van der Waals surface area contributed by atoms with Crippen molar-refractivity contribution in [2.75, 3.05) is 25.0 Å². The van der Waals surface area contributed by atoms with E-state index >= 15 is 0 Å². The van der Waals surface area contributed by atoms with E-state index in [0.717, 1.165) is 17.8 Å². The third kappa shape index (κ3) is 2.85. The Labute approximate surface area is 124 Å². The molecule has 0 aliphatic rings. The summed E-state index contributed by atoms with van der Waals surface area (Å²) in [6.45, 7) is 1.32. The van der Waals surface area contributed by atoms with Crippen LogP contribution in [-0.2, 0) is 0 Å². The van der Waals surface area contributed by atoms with Gasteiger partial charge < -0.3 is 10.6 Å². The Bertz CT molecular complexity index is 754. The van der Waals surface area contributed by atoms with E-state index < -0.39 is 0 Å². The highest BCUT2D eigenvalue weighted by Crippen LogP contribution is 2.23. The number of nitrogens with zero attached hydrogens (tertiary/aromatic N) is 3. The normalized spacial score (nSPS) is 10.8. The van der Waals surface area contributed by atoms with Crippen LogP contribution in [0.4, 0.5) is 5.95 Å². The first-order valence-electron chi connectivity index (χ1n) is 7.01. The zero-order chi connectivity index (χ0) is 14.7. The number of likely N-dealkylation sites (N-methyl/N-ethyl adjacent to an activating group) is 1. The molecule has 0 amide bonds. The van der Waals surface area contributed by atoms with Gasteiger partial charge in [-0.15, -0.1) is 0 Å². The van der Waals surface area contributed by atoms with E-state index in [9.17, 15) is 0 Å². The van der Waals surface area contributed by atoms with Crippen LogP contribution in [0.5, 0.6) is 0 Å². The molecule has 21 heavy (non-hydrogen) atoms. The van der Waals surface area contributed by atoms with Crippen molar-refractivity contribution in [1.82, 2.24) is 9.97 Å². The average molecular weight is 278 g/mol. The van der Waals surface area contributed by atoms with Gasteiger partial charge >= 0.3 is 0 Å². The number of nitrogens with two attached hydrogens (primary N) is 1. The SMILES string of the molecule is CN(CCN)c1nccc(-c2ccc3ccccc3c2)n1. The van der Waals surface area contributed by atoms with Crippen LogP contribution < -0.4 is 10.6 Å². The molecule has 106 valence electrons. The van der Waals surface area contributed by atoms with Crippen molar-refractivity contribution in [3.63, 3.8) is 0 Å². The highest BCUT2D eigenvalue weighted by atomic mass is 15.2. The zero-order valence-electron chi connectivity index (χ0n) is 12.0. The van der Waals surface area contributed by atoms with Crippen LogP contribution in [0.3, 0.4) is 0 Å². The van der Waals surface area contributed by atoms with Crippen LogP contribution in [0.1, 0.15) is 0 Å². The minimum Gasteiger partial charge on any atom is -0.343 e. The molecule has 4 heteroatoms. The van der Waals surface area contributed by atoms with Crippen molar-refractivity contribution in [2.45, 2.75) is 0 Å². The molecule has 4 nitrogen and oxygen atoms in total. The molecule has 1 aromatic heterocycles. The van der Waals surface area contributed by atoms with E-state index in [0.29, 0.717) is 12.5 Å². The van der Waals surface area contributed by atoms with Gasteiger partial charge in [-0.3, -0.25) is 0 Å². The molecule has 0 bridgehead atoms. The van der Waals surface area contributed by atoms with Crippen LogP contribution >= 0.6 is 0 Å². The van der Waals surface area contributed by atoms with Gasteiger partial charge in [0, 0.05) is 31.9 Å².